The number of carbonyl (C=O) groups excluding carboxylic acids is 1. The number of allylic oxidation sites excluding steroid dienone is 1. The van der Waals surface area contributed by atoms with Gasteiger partial charge >= 0.3 is 0 Å². The molecule has 0 aromatic heterocycles. The molecule has 0 bridgehead atoms. The molecule has 4 rings (SSSR count). The normalized spacial score (nSPS) is 10.7. The van der Waals surface area contributed by atoms with Crippen molar-refractivity contribution in [3.63, 3.8) is 0 Å². The standard InChI is InChI=1S/C32H30O6/c1-34-26-17-14-23(15-18-26)16-19-27(33)30-28(37-21-24-10-6-4-7-11-24)20-29(31(35-2)32(30)36-3)38-22-25-12-8-5-9-13-25/h4-20H,21-22H2,1-3H3/b19-16+. The van der Waals surface area contributed by atoms with E-state index in [-0.39, 0.29) is 23.7 Å². The molecule has 6 heteroatoms. The molecular formula is C32H30O6. The molecule has 0 N–H and O–H groups in total. The average molecular weight is 511 g/mol. The van der Waals surface area contributed by atoms with Gasteiger partial charge in [-0.25, -0.2) is 0 Å². The van der Waals surface area contributed by atoms with Gasteiger partial charge in [-0.05, 0) is 34.9 Å². The van der Waals surface area contributed by atoms with Crippen LogP contribution in [0.2, 0.25) is 0 Å². The van der Waals surface area contributed by atoms with Crippen molar-refractivity contribution in [2.75, 3.05) is 21.3 Å². The topological polar surface area (TPSA) is 63.2 Å². The van der Waals surface area contributed by atoms with Gasteiger partial charge in [0.15, 0.2) is 17.3 Å². The van der Waals surface area contributed by atoms with Crippen molar-refractivity contribution < 1.29 is 28.5 Å². The van der Waals surface area contributed by atoms with Crippen molar-refractivity contribution in [2.24, 2.45) is 0 Å². The van der Waals surface area contributed by atoms with E-state index in [2.05, 4.69) is 0 Å². The number of benzene rings is 4. The molecule has 194 valence electrons. The molecule has 0 saturated carbocycles. The lowest BCUT2D eigenvalue weighted by atomic mass is 10.0. The summed E-state index contributed by atoms with van der Waals surface area (Å²) < 4.78 is 28.8. The molecule has 0 saturated heterocycles. The van der Waals surface area contributed by atoms with Gasteiger partial charge in [0, 0.05) is 6.07 Å². The van der Waals surface area contributed by atoms with Gasteiger partial charge in [0.05, 0.1) is 21.3 Å². The Hall–Kier alpha value is -4.71. The summed E-state index contributed by atoms with van der Waals surface area (Å²) in [6, 6.07) is 28.6. The lowest BCUT2D eigenvalue weighted by Gasteiger charge is -2.20. The SMILES string of the molecule is COc1ccc(/C=C/C(=O)c2c(OCc3ccccc3)cc(OCc3ccccc3)c(OC)c2OC)cc1. The largest absolute Gasteiger partial charge is 0.497 e. The van der Waals surface area contributed by atoms with E-state index in [0.717, 1.165) is 22.4 Å². The first-order valence-electron chi connectivity index (χ1n) is 12.1. The summed E-state index contributed by atoms with van der Waals surface area (Å²) >= 11 is 0. The van der Waals surface area contributed by atoms with Crippen LogP contribution in [0, 0.1) is 0 Å². The third kappa shape index (κ3) is 6.53. The summed E-state index contributed by atoms with van der Waals surface area (Å²) in [5.41, 5.74) is 3.04. The number of hydrogen-bond donors (Lipinski definition) is 0. The second-order valence-corrected chi connectivity index (χ2v) is 8.33. The minimum Gasteiger partial charge on any atom is -0.497 e. The molecule has 38 heavy (non-hydrogen) atoms. The van der Waals surface area contributed by atoms with Crippen LogP contribution >= 0.6 is 0 Å². The van der Waals surface area contributed by atoms with Crippen LogP contribution in [0.5, 0.6) is 28.7 Å². The Morgan fingerprint density at radius 2 is 1.21 bits per heavy atom. The summed E-state index contributed by atoms with van der Waals surface area (Å²) in [6.07, 6.45) is 3.22. The molecular weight excluding hydrogens is 480 g/mol. The lowest BCUT2D eigenvalue weighted by Crippen LogP contribution is -2.08. The first-order valence-corrected chi connectivity index (χ1v) is 12.1. The Labute approximate surface area is 223 Å². The number of carbonyl (C=O) groups is 1. The molecule has 0 spiro atoms. The van der Waals surface area contributed by atoms with Gasteiger partial charge in [-0.1, -0.05) is 78.9 Å². The highest BCUT2D eigenvalue weighted by Gasteiger charge is 2.26. The highest BCUT2D eigenvalue weighted by atomic mass is 16.5. The number of hydrogen-bond acceptors (Lipinski definition) is 6. The molecule has 0 aliphatic heterocycles. The Morgan fingerprint density at radius 1 is 0.658 bits per heavy atom. The number of ketones is 1. The van der Waals surface area contributed by atoms with Crippen LogP contribution in [0.25, 0.3) is 6.08 Å². The number of ether oxygens (including phenoxy) is 5. The predicted molar refractivity (Wildman–Crippen MR) is 147 cm³/mol. The van der Waals surface area contributed by atoms with E-state index in [0.29, 0.717) is 23.9 Å². The van der Waals surface area contributed by atoms with Gasteiger partial charge in [0.1, 0.15) is 30.3 Å². The molecule has 0 aliphatic carbocycles. The molecule has 0 radical (unpaired) electrons. The van der Waals surface area contributed by atoms with Crippen molar-refractivity contribution in [3.8, 4) is 28.7 Å². The van der Waals surface area contributed by atoms with Crippen LogP contribution in [-0.4, -0.2) is 27.1 Å². The average Bonchev–Trinajstić information content (AvgIpc) is 2.98. The second kappa shape index (κ2) is 13.0. The lowest BCUT2D eigenvalue weighted by molar-refractivity contribution is 0.103. The van der Waals surface area contributed by atoms with E-state index >= 15 is 0 Å². The summed E-state index contributed by atoms with van der Waals surface area (Å²) in [6.45, 7) is 0.570. The van der Waals surface area contributed by atoms with Gasteiger partial charge in [-0.3, -0.25) is 4.79 Å². The van der Waals surface area contributed by atoms with E-state index in [9.17, 15) is 4.79 Å². The van der Waals surface area contributed by atoms with Gasteiger partial charge in [-0.15, -0.1) is 0 Å². The quantitative estimate of drug-likeness (QED) is 0.155. The zero-order valence-corrected chi connectivity index (χ0v) is 21.7. The fourth-order valence-corrected chi connectivity index (χ4v) is 3.88. The highest BCUT2D eigenvalue weighted by Crippen LogP contribution is 2.46. The smallest absolute Gasteiger partial charge is 0.204 e. The van der Waals surface area contributed by atoms with E-state index in [1.165, 1.54) is 20.3 Å². The zero-order valence-electron chi connectivity index (χ0n) is 21.7. The molecule has 4 aromatic rings. The Kier molecular flexibility index (Phi) is 9.03. The number of methoxy groups -OCH3 is 3. The monoisotopic (exact) mass is 510 g/mol. The molecule has 4 aromatic carbocycles. The first-order chi connectivity index (χ1) is 18.6. The van der Waals surface area contributed by atoms with Gasteiger partial charge in [-0.2, -0.15) is 0 Å². The predicted octanol–water partition coefficient (Wildman–Crippen LogP) is 6.77. The first kappa shape index (κ1) is 26.4. The van der Waals surface area contributed by atoms with Crippen molar-refractivity contribution >= 4 is 11.9 Å². The van der Waals surface area contributed by atoms with Gasteiger partial charge < -0.3 is 23.7 Å². The Balaban J connectivity index is 1.71. The summed E-state index contributed by atoms with van der Waals surface area (Å²) in [5.74, 6) is 1.74. The molecule has 0 aliphatic rings. The van der Waals surface area contributed by atoms with Crippen molar-refractivity contribution in [3.05, 3.63) is 119 Å². The third-order valence-electron chi connectivity index (χ3n) is 5.84. The van der Waals surface area contributed by atoms with E-state index in [1.807, 2.05) is 84.9 Å². The summed E-state index contributed by atoms with van der Waals surface area (Å²) in [7, 11) is 4.61. The summed E-state index contributed by atoms with van der Waals surface area (Å²) in [5, 5.41) is 0. The van der Waals surface area contributed by atoms with Crippen LogP contribution in [0.1, 0.15) is 27.0 Å². The van der Waals surface area contributed by atoms with E-state index in [4.69, 9.17) is 23.7 Å². The zero-order chi connectivity index (χ0) is 26.7. The molecule has 0 fully saturated rings. The second-order valence-electron chi connectivity index (χ2n) is 8.33. The van der Waals surface area contributed by atoms with Crippen molar-refractivity contribution in [1.29, 1.82) is 0 Å². The fraction of sp³-hybridized carbons (Fsp3) is 0.156. The maximum absolute atomic E-state index is 13.5. The minimum absolute atomic E-state index is 0.241. The minimum atomic E-state index is -0.298. The van der Waals surface area contributed by atoms with Crippen LogP contribution in [0.4, 0.5) is 0 Å². The van der Waals surface area contributed by atoms with Crippen LogP contribution in [0.3, 0.4) is 0 Å². The van der Waals surface area contributed by atoms with E-state index < -0.39 is 0 Å². The maximum atomic E-state index is 13.5. The third-order valence-corrected chi connectivity index (χ3v) is 5.84. The maximum Gasteiger partial charge on any atom is 0.204 e. The highest BCUT2D eigenvalue weighted by molar-refractivity contribution is 6.11. The van der Waals surface area contributed by atoms with E-state index in [1.54, 1.807) is 19.3 Å². The Morgan fingerprint density at radius 3 is 1.74 bits per heavy atom. The molecule has 0 unspecified atom stereocenters. The molecule has 6 nitrogen and oxygen atoms in total. The van der Waals surface area contributed by atoms with Gasteiger partial charge in [0.25, 0.3) is 0 Å². The van der Waals surface area contributed by atoms with Crippen LogP contribution in [-0.2, 0) is 13.2 Å². The Bertz CT molecular complexity index is 1360. The van der Waals surface area contributed by atoms with Gasteiger partial charge in [0.2, 0.25) is 5.75 Å². The molecule has 0 heterocycles. The fourth-order valence-electron chi connectivity index (χ4n) is 3.88. The molecule has 0 amide bonds. The van der Waals surface area contributed by atoms with Crippen molar-refractivity contribution in [2.45, 2.75) is 13.2 Å². The number of rotatable bonds is 12. The van der Waals surface area contributed by atoms with Crippen molar-refractivity contribution in [1.82, 2.24) is 0 Å². The molecule has 0 atom stereocenters. The summed E-state index contributed by atoms with van der Waals surface area (Å²) in [4.78, 5) is 13.5. The van der Waals surface area contributed by atoms with Crippen LogP contribution < -0.4 is 23.7 Å². The van der Waals surface area contributed by atoms with Crippen LogP contribution in [0.15, 0.2) is 97.1 Å².